The van der Waals surface area contributed by atoms with Gasteiger partial charge in [-0.1, -0.05) is 11.6 Å². The lowest BCUT2D eigenvalue weighted by molar-refractivity contribution is 0.400. The number of hydrogen-bond donors (Lipinski definition) is 1. The molecule has 1 fully saturated rings. The van der Waals surface area contributed by atoms with Crippen LogP contribution in [0.5, 0.6) is 5.75 Å². The van der Waals surface area contributed by atoms with Gasteiger partial charge in [-0.3, -0.25) is 0 Å². The van der Waals surface area contributed by atoms with E-state index in [1.807, 2.05) is 12.1 Å². The molecular weight excluding hydrogens is 289 g/mol. The molecule has 1 aromatic carbocycles. The monoisotopic (exact) mass is 303 g/mol. The van der Waals surface area contributed by atoms with Crippen molar-refractivity contribution in [2.45, 2.75) is 25.3 Å². The van der Waals surface area contributed by atoms with Gasteiger partial charge in [-0.05, 0) is 59.9 Å². The van der Waals surface area contributed by atoms with Gasteiger partial charge in [0, 0.05) is 10.6 Å². The van der Waals surface area contributed by atoms with Crippen molar-refractivity contribution in [3.8, 4) is 5.75 Å². The predicted molar refractivity (Wildman–Crippen MR) is 70.3 cm³/mol. The number of nitrogens with one attached hydrogen (secondary N) is 1. The summed E-state index contributed by atoms with van der Waals surface area (Å²) in [6.45, 7) is 3.26. The van der Waals surface area contributed by atoms with Crippen LogP contribution in [0, 0.1) is 0 Å². The summed E-state index contributed by atoms with van der Waals surface area (Å²) >= 11 is 9.71. The molecule has 2 rings (SSSR count). The third-order valence-corrected chi connectivity index (χ3v) is 4.22. The second-order valence-corrected chi connectivity index (χ2v) is 5.56. The zero-order valence-corrected chi connectivity index (χ0v) is 11.8. The van der Waals surface area contributed by atoms with E-state index in [2.05, 4.69) is 28.2 Å². The number of rotatable bonds is 2. The largest absolute Gasteiger partial charge is 0.496 e. The first kappa shape index (κ1) is 12.2. The zero-order valence-electron chi connectivity index (χ0n) is 9.44. The standard InChI is InChI=1S/C12H15BrClNO/c1-12(4-3-5-15-12)9-6-8(14)7-10(16-2)11(9)13/h6-7,15H,3-5H2,1-2H3. The highest BCUT2D eigenvalue weighted by Crippen LogP contribution is 2.41. The van der Waals surface area contributed by atoms with Crippen molar-refractivity contribution in [1.82, 2.24) is 5.32 Å². The highest BCUT2D eigenvalue weighted by Gasteiger charge is 2.32. The van der Waals surface area contributed by atoms with Crippen LogP contribution in [0.1, 0.15) is 25.3 Å². The molecule has 1 atom stereocenters. The Morgan fingerprint density at radius 1 is 1.50 bits per heavy atom. The molecule has 1 saturated heterocycles. The summed E-state index contributed by atoms with van der Waals surface area (Å²) in [6, 6.07) is 3.83. The SMILES string of the molecule is COc1cc(Cl)cc(C2(C)CCCN2)c1Br. The first-order valence-electron chi connectivity index (χ1n) is 5.35. The van der Waals surface area contributed by atoms with E-state index in [0.717, 1.165) is 23.2 Å². The topological polar surface area (TPSA) is 21.3 Å². The van der Waals surface area contributed by atoms with E-state index in [4.69, 9.17) is 16.3 Å². The van der Waals surface area contributed by atoms with Gasteiger partial charge in [0.1, 0.15) is 5.75 Å². The molecule has 1 heterocycles. The van der Waals surface area contributed by atoms with Crippen LogP contribution in [-0.4, -0.2) is 13.7 Å². The summed E-state index contributed by atoms with van der Waals surface area (Å²) in [5.41, 5.74) is 1.17. The average Bonchev–Trinajstić information content (AvgIpc) is 2.69. The van der Waals surface area contributed by atoms with Crippen LogP contribution in [0.15, 0.2) is 16.6 Å². The van der Waals surface area contributed by atoms with Gasteiger partial charge in [0.15, 0.2) is 0 Å². The maximum absolute atomic E-state index is 6.11. The summed E-state index contributed by atoms with van der Waals surface area (Å²) in [4.78, 5) is 0. The molecule has 0 amide bonds. The van der Waals surface area contributed by atoms with Crippen molar-refractivity contribution in [3.05, 3.63) is 27.2 Å². The van der Waals surface area contributed by atoms with E-state index in [9.17, 15) is 0 Å². The van der Waals surface area contributed by atoms with Crippen LogP contribution in [-0.2, 0) is 5.54 Å². The quantitative estimate of drug-likeness (QED) is 0.899. The van der Waals surface area contributed by atoms with Gasteiger partial charge >= 0.3 is 0 Å². The zero-order chi connectivity index (χ0) is 11.8. The van der Waals surface area contributed by atoms with Crippen LogP contribution in [0.4, 0.5) is 0 Å². The maximum Gasteiger partial charge on any atom is 0.134 e. The second kappa shape index (κ2) is 4.55. The highest BCUT2D eigenvalue weighted by atomic mass is 79.9. The Bertz CT molecular complexity index is 402. The van der Waals surface area contributed by atoms with Crippen LogP contribution in [0.25, 0.3) is 0 Å². The maximum atomic E-state index is 6.11. The fraction of sp³-hybridized carbons (Fsp3) is 0.500. The Morgan fingerprint density at radius 2 is 2.25 bits per heavy atom. The van der Waals surface area contributed by atoms with Crippen LogP contribution < -0.4 is 10.1 Å². The Hall–Kier alpha value is -0.250. The number of ether oxygens (including phenoxy) is 1. The minimum Gasteiger partial charge on any atom is -0.496 e. The first-order valence-corrected chi connectivity index (χ1v) is 6.52. The predicted octanol–water partition coefficient (Wildman–Crippen LogP) is 3.71. The van der Waals surface area contributed by atoms with E-state index in [1.165, 1.54) is 12.0 Å². The molecule has 4 heteroatoms. The van der Waals surface area contributed by atoms with Crippen molar-refractivity contribution < 1.29 is 4.74 Å². The van der Waals surface area contributed by atoms with Gasteiger partial charge in [-0.25, -0.2) is 0 Å². The fourth-order valence-electron chi connectivity index (χ4n) is 2.24. The lowest BCUT2D eigenvalue weighted by atomic mass is 9.90. The third kappa shape index (κ3) is 2.08. The molecule has 0 radical (unpaired) electrons. The number of methoxy groups -OCH3 is 1. The lowest BCUT2D eigenvalue weighted by Crippen LogP contribution is -2.33. The van der Waals surface area contributed by atoms with Gasteiger partial charge in [0.05, 0.1) is 11.6 Å². The first-order chi connectivity index (χ1) is 7.57. The summed E-state index contributed by atoms with van der Waals surface area (Å²) in [6.07, 6.45) is 2.31. The van der Waals surface area contributed by atoms with Gasteiger partial charge in [0.2, 0.25) is 0 Å². The van der Waals surface area contributed by atoms with Crippen LogP contribution in [0.2, 0.25) is 5.02 Å². The smallest absolute Gasteiger partial charge is 0.134 e. The van der Waals surface area contributed by atoms with E-state index in [0.29, 0.717) is 5.02 Å². The highest BCUT2D eigenvalue weighted by molar-refractivity contribution is 9.10. The average molecular weight is 305 g/mol. The van der Waals surface area contributed by atoms with Crippen LogP contribution in [0.3, 0.4) is 0 Å². The Labute approximate surface area is 109 Å². The molecule has 0 bridgehead atoms. The molecule has 0 aliphatic carbocycles. The molecule has 0 saturated carbocycles. The Morgan fingerprint density at radius 3 is 2.81 bits per heavy atom. The van der Waals surface area contributed by atoms with Crippen molar-refractivity contribution in [3.63, 3.8) is 0 Å². The molecule has 1 aliphatic heterocycles. The second-order valence-electron chi connectivity index (χ2n) is 4.33. The summed E-state index contributed by atoms with van der Waals surface area (Å²) in [7, 11) is 1.66. The molecule has 1 unspecified atom stereocenters. The number of hydrogen-bond acceptors (Lipinski definition) is 2. The van der Waals surface area contributed by atoms with Gasteiger partial charge in [-0.15, -0.1) is 0 Å². The van der Waals surface area contributed by atoms with E-state index in [-0.39, 0.29) is 5.54 Å². The van der Waals surface area contributed by atoms with E-state index < -0.39 is 0 Å². The van der Waals surface area contributed by atoms with Gasteiger partial charge < -0.3 is 10.1 Å². The van der Waals surface area contributed by atoms with Gasteiger partial charge in [-0.2, -0.15) is 0 Å². The summed E-state index contributed by atoms with van der Waals surface area (Å²) in [5.74, 6) is 0.789. The fourth-order valence-corrected chi connectivity index (χ4v) is 3.28. The molecule has 88 valence electrons. The third-order valence-electron chi connectivity index (χ3n) is 3.19. The normalized spacial score (nSPS) is 24.8. The molecule has 16 heavy (non-hydrogen) atoms. The Kier molecular flexibility index (Phi) is 3.48. The van der Waals surface area contributed by atoms with E-state index >= 15 is 0 Å². The minimum absolute atomic E-state index is 0.00296. The molecule has 1 aromatic rings. The van der Waals surface area contributed by atoms with E-state index in [1.54, 1.807) is 7.11 Å². The van der Waals surface area contributed by atoms with Crippen LogP contribution >= 0.6 is 27.5 Å². The molecular formula is C12H15BrClNO. The molecule has 0 spiro atoms. The molecule has 1 aliphatic rings. The van der Waals surface area contributed by atoms with Crippen molar-refractivity contribution in [2.24, 2.45) is 0 Å². The van der Waals surface area contributed by atoms with Crippen molar-refractivity contribution >= 4 is 27.5 Å². The summed E-state index contributed by atoms with van der Waals surface area (Å²) < 4.78 is 6.31. The van der Waals surface area contributed by atoms with Crippen molar-refractivity contribution in [2.75, 3.05) is 13.7 Å². The summed E-state index contributed by atoms with van der Waals surface area (Å²) in [5, 5.41) is 4.24. The number of halogens is 2. The lowest BCUT2D eigenvalue weighted by Gasteiger charge is -2.27. The number of benzene rings is 1. The van der Waals surface area contributed by atoms with Gasteiger partial charge in [0.25, 0.3) is 0 Å². The minimum atomic E-state index is -0.00296. The van der Waals surface area contributed by atoms with Crippen molar-refractivity contribution in [1.29, 1.82) is 0 Å². The Balaban J connectivity index is 2.51. The molecule has 1 N–H and O–H groups in total. The molecule has 0 aromatic heterocycles. The molecule has 2 nitrogen and oxygen atoms in total.